The number of benzene rings is 1. The molecule has 1 aromatic carbocycles. The van der Waals surface area contributed by atoms with Crippen LogP contribution in [0.25, 0.3) is 0 Å². The molecule has 0 amide bonds. The molecule has 0 spiro atoms. The summed E-state index contributed by atoms with van der Waals surface area (Å²) in [6.07, 6.45) is 0. The van der Waals surface area contributed by atoms with E-state index >= 15 is 0 Å². The molecule has 0 aliphatic heterocycles. The molecule has 0 atom stereocenters. The average Bonchev–Trinajstić information content (AvgIpc) is 2.04. The third-order valence-corrected chi connectivity index (χ3v) is 2.38. The van der Waals surface area contributed by atoms with Gasteiger partial charge < -0.3 is 10.2 Å². The number of halogens is 1. The molecular weight excluding hydrogens is 228 g/mol. The second-order valence-corrected chi connectivity index (χ2v) is 4.11. The Hall–Kier alpha value is -0.540. The topological polar surface area (TPSA) is 15.3 Å². The normalized spacial score (nSPS) is 10.2. The molecule has 3 heteroatoms. The van der Waals surface area contributed by atoms with Gasteiger partial charge in [0.05, 0.1) is 0 Å². The largest absolute Gasteiger partial charge is 0.377 e. The summed E-state index contributed by atoms with van der Waals surface area (Å²) in [6, 6.07) is 6.33. The molecule has 0 saturated heterocycles. The van der Waals surface area contributed by atoms with E-state index in [4.69, 9.17) is 0 Å². The smallest absolute Gasteiger partial charge is 0.0407 e. The van der Waals surface area contributed by atoms with E-state index in [0.29, 0.717) is 0 Å². The Morgan fingerprint density at radius 2 is 2.08 bits per heavy atom. The van der Waals surface area contributed by atoms with Gasteiger partial charge in [-0.2, -0.15) is 0 Å². The molecule has 0 heterocycles. The fourth-order valence-electron chi connectivity index (χ4n) is 1.32. The number of nitrogens with one attached hydrogen (secondary N) is 1. The van der Waals surface area contributed by atoms with Crippen LogP contribution in [0.2, 0.25) is 0 Å². The van der Waals surface area contributed by atoms with E-state index in [2.05, 4.69) is 58.4 Å². The fraction of sp³-hybridized carbons (Fsp3) is 0.400. The van der Waals surface area contributed by atoms with Gasteiger partial charge in [0.2, 0.25) is 0 Å². The van der Waals surface area contributed by atoms with Crippen molar-refractivity contribution >= 4 is 21.6 Å². The number of hydrogen-bond donors (Lipinski definition) is 1. The van der Waals surface area contributed by atoms with Gasteiger partial charge in [0.25, 0.3) is 0 Å². The molecule has 0 saturated carbocycles. The van der Waals surface area contributed by atoms with E-state index in [1.165, 1.54) is 11.3 Å². The van der Waals surface area contributed by atoms with Crippen molar-refractivity contribution in [2.45, 2.75) is 6.54 Å². The molecule has 0 aromatic heterocycles. The van der Waals surface area contributed by atoms with Crippen molar-refractivity contribution in [3.8, 4) is 0 Å². The van der Waals surface area contributed by atoms with Gasteiger partial charge >= 0.3 is 0 Å². The van der Waals surface area contributed by atoms with E-state index in [9.17, 15) is 0 Å². The van der Waals surface area contributed by atoms with Gasteiger partial charge in [0.1, 0.15) is 0 Å². The minimum atomic E-state index is 0.896. The van der Waals surface area contributed by atoms with E-state index in [0.717, 1.165) is 11.0 Å². The van der Waals surface area contributed by atoms with Crippen molar-refractivity contribution in [2.75, 3.05) is 26.0 Å². The van der Waals surface area contributed by atoms with Crippen molar-refractivity contribution in [3.05, 3.63) is 28.2 Å². The molecule has 0 bridgehead atoms. The summed E-state index contributed by atoms with van der Waals surface area (Å²) in [4.78, 5) is 2.12. The molecular formula is C10H15BrN2. The van der Waals surface area contributed by atoms with Crippen LogP contribution in [0.1, 0.15) is 5.56 Å². The van der Waals surface area contributed by atoms with Crippen molar-refractivity contribution in [1.82, 2.24) is 5.32 Å². The fourth-order valence-corrected chi connectivity index (χ4v) is 1.73. The molecule has 1 aromatic rings. The first-order valence-corrected chi connectivity index (χ1v) is 5.05. The first-order valence-electron chi connectivity index (χ1n) is 4.25. The second kappa shape index (κ2) is 4.63. The molecule has 13 heavy (non-hydrogen) atoms. The highest BCUT2D eigenvalue weighted by atomic mass is 79.9. The third kappa shape index (κ3) is 2.71. The lowest BCUT2D eigenvalue weighted by Crippen LogP contribution is -2.14. The van der Waals surface area contributed by atoms with Crippen molar-refractivity contribution in [2.24, 2.45) is 0 Å². The van der Waals surface area contributed by atoms with Crippen LogP contribution < -0.4 is 10.2 Å². The van der Waals surface area contributed by atoms with Gasteiger partial charge in [0.15, 0.2) is 0 Å². The summed E-state index contributed by atoms with van der Waals surface area (Å²) in [5.41, 5.74) is 2.57. The Morgan fingerprint density at radius 3 is 2.62 bits per heavy atom. The Kier molecular flexibility index (Phi) is 3.75. The minimum absolute atomic E-state index is 0.896. The minimum Gasteiger partial charge on any atom is -0.377 e. The van der Waals surface area contributed by atoms with Crippen LogP contribution in [0.15, 0.2) is 22.7 Å². The van der Waals surface area contributed by atoms with Crippen LogP contribution in [0.3, 0.4) is 0 Å². The van der Waals surface area contributed by atoms with Crippen LogP contribution in [0.5, 0.6) is 0 Å². The summed E-state index contributed by atoms with van der Waals surface area (Å²) >= 11 is 3.47. The zero-order valence-electron chi connectivity index (χ0n) is 8.26. The molecule has 0 aliphatic rings. The van der Waals surface area contributed by atoms with E-state index < -0.39 is 0 Å². The van der Waals surface area contributed by atoms with Gasteiger partial charge in [-0.3, -0.25) is 0 Å². The summed E-state index contributed by atoms with van der Waals surface area (Å²) < 4.78 is 1.13. The maximum atomic E-state index is 3.47. The van der Waals surface area contributed by atoms with Gasteiger partial charge in [0, 0.05) is 30.8 Å². The average molecular weight is 243 g/mol. The molecule has 0 aliphatic carbocycles. The lowest BCUT2D eigenvalue weighted by molar-refractivity contribution is 0.814. The highest BCUT2D eigenvalue weighted by Gasteiger charge is 2.03. The molecule has 2 nitrogen and oxygen atoms in total. The Labute approximate surface area is 88.1 Å². The molecule has 0 fully saturated rings. The highest BCUT2D eigenvalue weighted by Crippen LogP contribution is 2.22. The Balaban J connectivity index is 3.03. The van der Waals surface area contributed by atoms with Crippen LogP contribution in [-0.4, -0.2) is 21.1 Å². The lowest BCUT2D eigenvalue weighted by atomic mass is 10.1. The zero-order valence-corrected chi connectivity index (χ0v) is 9.85. The molecule has 0 radical (unpaired) electrons. The van der Waals surface area contributed by atoms with Gasteiger partial charge in [-0.05, 0) is 30.8 Å². The predicted molar refractivity (Wildman–Crippen MR) is 61.2 cm³/mol. The van der Waals surface area contributed by atoms with Gasteiger partial charge in [-0.15, -0.1) is 0 Å². The SMILES string of the molecule is CNCc1cc(Br)ccc1N(C)C. The van der Waals surface area contributed by atoms with Crippen LogP contribution in [-0.2, 0) is 6.54 Å². The number of anilines is 1. The van der Waals surface area contributed by atoms with Crippen molar-refractivity contribution in [3.63, 3.8) is 0 Å². The van der Waals surface area contributed by atoms with Crippen LogP contribution >= 0.6 is 15.9 Å². The Morgan fingerprint density at radius 1 is 1.38 bits per heavy atom. The molecule has 72 valence electrons. The highest BCUT2D eigenvalue weighted by molar-refractivity contribution is 9.10. The van der Waals surface area contributed by atoms with Crippen molar-refractivity contribution < 1.29 is 0 Å². The third-order valence-electron chi connectivity index (χ3n) is 1.89. The first kappa shape index (κ1) is 10.5. The number of rotatable bonds is 3. The van der Waals surface area contributed by atoms with E-state index in [-0.39, 0.29) is 0 Å². The first-order chi connectivity index (χ1) is 6.15. The molecule has 1 N–H and O–H groups in total. The maximum absolute atomic E-state index is 3.47. The second-order valence-electron chi connectivity index (χ2n) is 3.20. The maximum Gasteiger partial charge on any atom is 0.0407 e. The zero-order chi connectivity index (χ0) is 9.84. The number of nitrogens with zero attached hydrogens (tertiary/aromatic N) is 1. The molecule has 0 unspecified atom stereocenters. The standard InChI is InChI=1S/C10H15BrN2/c1-12-7-8-6-9(11)4-5-10(8)13(2)3/h4-6,12H,7H2,1-3H3. The summed E-state index contributed by atoms with van der Waals surface area (Å²) in [5, 5.41) is 3.16. The summed E-state index contributed by atoms with van der Waals surface area (Å²) in [6.45, 7) is 0.896. The van der Waals surface area contributed by atoms with E-state index in [1.807, 2.05) is 7.05 Å². The lowest BCUT2D eigenvalue weighted by Gasteiger charge is -2.17. The quantitative estimate of drug-likeness (QED) is 0.875. The van der Waals surface area contributed by atoms with Crippen LogP contribution in [0.4, 0.5) is 5.69 Å². The number of hydrogen-bond acceptors (Lipinski definition) is 2. The van der Waals surface area contributed by atoms with E-state index in [1.54, 1.807) is 0 Å². The van der Waals surface area contributed by atoms with Crippen molar-refractivity contribution in [1.29, 1.82) is 0 Å². The predicted octanol–water partition coefficient (Wildman–Crippen LogP) is 2.23. The van der Waals surface area contributed by atoms with Gasteiger partial charge in [-0.1, -0.05) is 15.9 Å². The van der Waals surface area contributed by atoms with Gasteiger partial charge in [-0.25, -0.2) is 0 Å². The van der Waals surface area contributed by atoms with Crippen LogP contribution in [0, 0.1) is 0 Å². The molecule has 1 rings (SSSR count). The monoisotopic (exact) mass is 242 g/mol. The Bertz CT molecular complexity index is 284. The summed E-state index contributed by atoms with van der Waals surface area (Å²) in [5.74, 6) is 0. The summed E-state index contributed by atoms with van der Waals surface area (Å²) in [7, 11) is 6.07.